The molecule has 1 unspecified atom stereocenters. The maximum Gasteiger partial charge on any atom is 0.0810 e. The van der Waals surface area contributed by atoms with Crippen LogP contribution in [0.15, 0.2) is 42.0 Å². The SMILES string of the molecule is CC1(C)C(C[Si]c2ccccc2)C[C@@H]2/C(=C/C3CCCCC3)CC[C@H]21. The highest BCUT2D eigenvalue weighted by Gasteiger charge is 2.51. The van der Waals surface area contributed by atoms with E-state index in [1.807, 2.05) is 5.57 Å². The van der Waals surface area contributed by atoms with Crippen LogP contribution in [0.4, 0.5) is 0 Å². The summed E-state index contributed by atoms with van der Waals surface area (Å²) in [6.45, 7) is 5.17. The van der Waals surface area contributed by atoms with Crippen molar-refractivity contribution < 1.29 is 0 Å². The van der Waals surface area contributed by atoms with Crippen LogP contribution in [0.25, 0.3) is 0 Å². The molecule has 1 aromatic carbocycles. The molecule has 0 bridgehead atoms. The molecule has 3 aliphatic rings. The molecule has 2 radical (unpaired) electrons. The standard InChI is InChI=1S/C24H34Si/c1-24(2)20(17-25-21-11-7-4-8-12-21)16-22-19(13-14-23(22)24)15-18-9-5-3-6-10-18/h4,7-8,11-12,15,18,20,22-23H,3,5-6,9-10,13-14,16-17H2,1-2H3/b19-15+/t20?,22-,23-/m1/s1. The summed E-state index contributed by atoms with van der Waals surface area (Å²) in [5.41, 5.74) is 2.41. The quantitative estimate of drug-likeness (QED) is 0.460. The molecule has 1 heteroatoms. The van der Waals surface area contributed by atoms with Crippen molar-refractivity contribution in [1.82, 2.24) is 0 Å². The second-order valence-corrected chi connectivity index (χ2v) is 10.7. The summed E-state index contributed by atoms with van der Waals surface area (Å²) in [6, 6.07) is 12.6. The van der Waals surface area contributed by atoms with Gasteiger partial charge in [-0.05, 0) is 61.2 Å². The van der Waals surface area contributed by atoms with E-state index >= 15 is 0 Å². The van der Waals surface area contributed by atoms with Crippen LogP contribution in [0.1, 0.15) is 65.2 Å². The molecule has 0 aromatic heterocycles. The third-order valence-electron chi connectivity index (χ3n) is 7.68. The highest BCUT2D eigenvalue weighted by Crippen LogP contribution is 2.60. The Hall–Kier alpha value is -0.823. The lowest BCUT2D eigenvalue weighted by Gasteiger charge is -2.32. The molecule has 0 amide bonds. The van der Waals surface area contributed by atoms with Crippen LogP contribution in [-0.2, 0) is 0 Å². The number of benzene rings is 1. The Balaban J connectivity index is 1.43. The predicted octanol–water partition coefficient (Wildman–Crippen LogP) is 6.01. The molecule has 0 saturated heterocycles. The van der Waals surface area contributed by atoms with Gasteiger partial charge in [0.1, 0.15) is 0 Å². The first-order chi connectivity index (χ1) is 12.1. The Morgan fingerprint density at radius 3 is 2.56 bits per heavy atom. The molecular weight excluding hydrogens is 316 g/mol. The number of rotatable bonds is 4. The van der Waals surface area contributed by atoms with Gasteiger partial charge < -0.3 is 0 Å². The Bertz CT molecular complexity index is 594. The molecule has 0 nitrogen and oxygen atoms in total. The minimum Gasteiger partial charge on any atom is -0.0819 e. The first-order valence-electron chi connectivity index (χ1n) is 10.6. The first kappa shape index (κ1) is 17.6. The molecule has 0 aliphatic heterocycles. The molecule has 0 heterocycles. The maximum absolute atomic E-state index is 2.77. The highest BCUT2D eigenvalue weighted by molar-refractivity contribution is 6.53. The summed E-state index contributed by atoms with van der Waals surface area (Å²) in [5.74, 6) is 3.70. The second kappa shape index (κ2) is 7.43. The van der Waals surface area contributed by atoms with Crippen molar-refractivity contribution in [2.24, 2.45) is 29.1 Å². The van der Waals surface area contributed by atoms with E-state index in [1.54, 1.807) is 5.19 Å². The molecule has 3 atom stereocenters. The molecule has 0 N–H and O–H groups in total. The zero-order chi connectivity index (χ0) is 17.3. The summed E-state index contributed by atoms with van der Waals surface area (Å²) < 4.78 is 0. The third kappa shape index (κ3) is 3.68. The lowest BCUT2D eigenvalue weighted by Crippen LogP contribution is -2.27. The van der Waals surface area contributed by atoms with Gasteiger partial charge in [0.05, 0.1) is 9.52 Å². The van der Waals surface area contributed by atoms with E-state index in [-0.39, 0.29) is 0 Å². The Labute approximate surface area is 157 Å². The van der Waals surface area contributed by atoms with E-state index in [0.29, 0.717) is 5.41 Å². The van der Waals surface area contributed by atoms with E-state index in [4.69, 9.17) is 0 Å². The highest BCUT2D eigenvalue weighted by atomic mass is 28.2. The topological polar surface area (TPSA) is 0 Å². The van der Waals surface area contributed by atoms with E-state index in [2.05, 4.69) is 50.3 Å². The molecule has 3 fully saturated rings. The fourth-order valence-electron chi connectivity index (χ4n) is 6.04. The third-order valence-corrected chi connectivity index (χ3v) is 9.12. The lowest BCUT2D eigenvalue weighted by molar-refractivity contribution is 0.190. The van der Waals surface area contributed by atoms with Crippen molar-refractivity contribution in [2.75, 3.05) is 0 Å². The summed E-state index contributed by atoms with van der Waals surface area (Å²) in [4.78, 5) is 0. The molecule has 3 aliphatic carbocycles. The van der Waals surface area contributed by atoms with Gasteiger partial charge in [-0.1, -0.05) is 86.3 Å². The molecule has 25 heavy (non-hydrogen) atoms. The zero-order valence-electron chi connectivity index (χ0n) is 16.1. The van der Waals surface area contributed by atoms with Crippen LogP contribution >= 0.6 is 0 Å². The minimum absolute atomic E-state index is 0.536. The number of hydrogen-bond donors (Lipinski definition) is 0. The number of fused-ring (bicyclic) bond motifs is 1. The van der Waals surface area contributed by atoms with Crippen molar-refractivity contribution >= 4 is 14.7 Å². The van der Waals surface area contributed by atoms with Crippen LogP contribution in [0.5, 0.6) is 0 Å². The first-order valence-corrected chi connectivity index (χ1v) is 11.8. The van der Waals surface area contributed by atoms with Gasteiger partial charge in [0.25, 0.3) is 0 Å². The monoisotopic (exact) mass is 350 g/mol. The minimum atomic E-state index is 0.536. The Morgan fingerprint density at radius 2 is 1.80 bits per heavy atom. The average molecular weight is 351 g/mol. The Kier molecular flexibility index (Phi) is 5.22. The van der Waals surface area contributed by atoms with E-state index in [1.165, 1.54) is 57.4 Å². The van der Waals surface area contributed by atoms with Crippen LogP contribution in [0.3, 0.4) is 0 Å². The van der Waals surface area contributed by atoms with E-state index in [9.17, 15) is 0 Å². The van der Waals surface area contributed by atoms with Gasteiger partial charge in [0, 0.05) is 0 Å². The van der Waals surface area contributed by atoms with Gasteiger partial charge in [-0.15, -0.1) is 0 Å². The van der Waals surface area contributed by atoms with Crippen molar-refractivity contribution in [3.05, 3.63) is 42.0 Å². The smallest absolute Gasteiger partial charge is 0.0810 e. The summed E-state index contributed by atoms with van der Waals surface area (Å²) >= 11 is 0. The van der Waals surface area contributed by atoms with Gasteiger partial charge in [-0.2, -0.15) is 0 Å². The molecular formula is C24H34Si. The van der Waals surface area contributed by atoms with E-state index < -0.39 is 0 Å². The normalized spacial score (nSPS) is 33.7. The molecule has 1 aromatic rings. The van der Waals surface area contributed by atoms with Crippen molar-refractivity contribution in [1.29, 1.82) is 0 Å². The number of allylic oxidation sites excluding steroid dienone is 2. The molecule has 134 valence electrons. The Morgan fingerprint density at radius 1 is 1.04 bits per heavy atom. The maximum atomic E-state index is 2.77. The summed E-state index contributed by atoms with van der Waals surface area (Å²) in [5, 5.41) is 1.55. The average Bonchev–Trinajstić information content (AvgIpc) is 3.14. The van der Waals surface area contributed by atoms with Gasteiger partial charge in [-0.3, -0.25) is 0 Å². The summed E-state index contributed by atoms with van der Waals surface area (Å²) in [6.07, 6.45) is 14.4. The van der Waals surface area contributed by atoms with Gasteiger partial charge in [0.15, 0.2) is 0 Å². The molecule has 3 saturated carbocycles. The molecule has 0 spiro atoms. The second-order valence-electron chi connectivity index (χ2n) is 9.39. The summed E-state index contributed by atoms with van der Waals surface area (Å²) in [7, 11) is 0.988. The van der Waals surface area contributed by atoms with Gasteiger partial charge in [0.2, 0.25) is 0 Å². The number of hydrogen-bond acceptors (Lipinski definition) is 0. The fraction of sp³-hybridized carbons (Fsp3) is 0.667. The van der Waals surface area contributed by atoms with Crippen LogP contribution in [0.2, 0.25) is 6.04 Å². The lowest BCUT2D eigenvalue weighted by atomic mass is 9.75. The van der Waals surface area contributed by atoms with E-state index in [0.717, 1.165) is 33.2 Å². The van der Waals surface area contributed by atoms with Crippen LogP contribution < -0.4 is 5.19 Å². The van der Waals surface area contributed by atoms with Crippen LogP contribution in [0, 0.1) is 29.1 Å². The van der Waals surface area contributed by atoms with Crippen molar-refractivity contribution in [3.8, 4) is 0 Å². The van der Waals surface area contributed by atoms with Gasteiger partial charge in [-0.25, -0.2) is 0 Å². The predicted molar refractivity (Wildman–Crippen MR) is 109 cm³/mol. The fourth-order valence-corrected chi connectivity index (χ4v) is 7.64. The van der Waals surface area contributed by atoms with Crippen molar-refractivity contribution in [3.63, 3.8) is 0 Å². The molecule has 4 rings (SSSR count). The largest absolute Gasteiger partial charge is 0.0819 e. The van der Waals surface area contributed by atoms with Crippen LogP contribution in [-0.4, -0.2) is 9.52 Å². The van der Waals surface area contributed by atoms with Gasteiger partial charge >= 0.3 is 0 Å². The van der Waals surface area contributed by atoms with Crippen molar-refractivity contribution in [2.45, 2.75) is 71.3 Å². The zero-order valence-corrected chi connectivity index (χ0v) is 17.1.